The predicted octanol–water partition coefficient (Wildman–Crippen LogP) is 2.93. The Labute approximate surface area is 142 Å². The number of carbonyl (C=O) groups is 2. The number of carbonyl (C=O) groups excluding carboxylic acids is 2. The molecule has 0 radical (unpaired) electrons. The van der Waals surface area contributed by atoms with Gasteiger partial charge in [-0.25, -0.2) is 0 Å². The van der Waals surface area contributed by atoms with Gasteiger partial charge in [-0.05, 0) is 23.1 Å². The summed E-state index contributed by atoms with van der Waals surface area (Å²) in [7, 11) is 0. The number of primary amides is 1. The maximum atomic E-state index is 12.3. The van der Waals surface area contributed by atoms with Crippen molar-refractivity contribution >= 4 is 11.8 Å². The average molecular weight is 322 g/mol. The van der Waals surface area contributed by atoms with E-state index in [1.54, 1.807) is 4.90 Å². The molecule has 1 heterocycles. The van der Waals surface area contributed by atoms with Crippen molar-refractivity contribution in [2.45, 2.75) is 31.7 Å². The Balaban J connectivity index is 1.76. The van der Waals surface area contributed by atoms with Gasteiger partial charge in [0, 0.05) is 18.9 Å². The normalized spacial score (nSPS) is 18.6. The summed E-state index contributed by atoms with van der Waals surface area (Å²) >= 11 is 0. The van der Waals surface area contributed by atoms with Crippen molar-refractivity contribution in [3.05, 3.63) is 60.2 Å². The topological polar surface area (TPSA) is 63.4 Å². The second kappa shape index (κ2) is 6.87. The fraction of sp³-hybridized carbons (Fsp3) is 0.300. The molecule has 3 rings (SSSR count). The second-order valence-electron chi connectivity index (χ2n) is 6.26. The van der Waals surface area contributed by atoms with E-state index in [-0.39, 0.29) is 11.8 Å². The standard InChI is InChI=1S/C20H22N2O2/c1-2-18(20(21)24)22-13-17(12-19(22)23)16-10-8-15(9-11-16)14-6-4-3-5-7-14/h3-11,17-18H,2,12-13H2,1H3,(H2,21,24)/t17?,18-/m0/s1. The monoisotopic (exact) mass is 322 g/mol. The zero-order valence-electron chi connectivity index (χ0n) is 13.8. The van der Waals surface area contributed by atoms with Crippen molar-refractivity contribution in [2.75, 3.05) is 6.54 Å². The van der Waals surface area contributed by atoms with E-state index in [9.17, 15) is 9.59 Å². The third-order valence-electron chi connectivity index (χ3n) is 4.74. The summed E-state index contributed by atoms with van der Waals surface area (Å²) < 4.78 is 0. The predicted molar refractivity (Wildman–Crippen MR) is 94.2 cm³/mol. The highest BCUT2D eigenvalue weighted by atomic mass is 16.2. The SMILES string of the molecule is CC[C@@H](C(N)=O)N1CC(c2ccc(-c3ccccc3)cc2)CC1=O. The summed E-state index contributed by atoms with van der Waals surface area (Å²) in [6, 6.07) is 18.0. The number of hydrogen-bond acceptors (Lipinski definition) is 2. The first-order valence-electron chi connectivity index (χ1n) is 8.34. The molecular formula is C20H22N2O2. The minimum Gasteiger partial charge on any atom is -0.368 e. The van der Waals surface area contributed by atoms with Gasteiger partial charge in [-0.15, -0.1) is 0 Å². The molecule has 2 N–H and O–H groups in total. The molecule has 1 unspecified atom stereocenters. The molecule has 1 aliphatic rings. The Morgan fingerprint density at radius 2 is 1.75 bits per heavy atom. The molecule has 0 aromatic heterocycles. The molecule has 4 nitrogen and oxygen atoms in total. The number of hydrogen-bond donors (Lipinski definition) is 1. The van der Waals surface area contributed by atoms with Gasteiger partial charge in [0.05, 0.1) is 0 Å². The summed E-state index contributed by atoms with van der Waals surface area (Å²) in [5.74, 6) is -0.292. The molecule has 2 amide bonds. The minimum atomic E-state index is -0.494. The van der Waals surface area contributed by atoms with E-state index in [4.69, 9.17) is 5.73 Å². The summed E-state index contributed by atoms with van der Waals surface area (Å²) in [5.41, 5.74) is 8.88. The zero-order valence-corrected chi connectivity index (χ0v) is 13.8. The maximum Gasteiger partial charge on any atom is 0.240 e. The Morgan fingerprint density at radius 1 is 1.12 bits per heavy atom. The van der Waals surface area contributed by atoms with Gasteiger partial charge < -0.3 is 10.6 Å². The molecule has 2 atom stereocenters. The molecule has 24 heavy (non-hydrogen) atoms. The lowest BCUT2D eigenvalue weighted by atomic mass is 9.95. The molecule has 0 bridgehead atoms. The molecule has 2 aromatic rings. The molecule has 124 valence electrons. The summed E-state index contributed by atoms with van der Waals surface area (Å²) in [5, 5.41) is 0. The first-order valence-corrected chi connectivity index (χ1v) is 8.34. The van der Waals surface area contributed by atoms with Crippen molar-refractivity contribution in [3.8, 4) is 11.1 Å². The second-order valence-corrected chi connectivity index (χ2v) is 6.26. The van der Waals surface area contributed by atoms with Gasteiger partial charge in [0.2, 0.25) is 11.8 Å². The zero-order chi connectivity index (χ0) is 17.1. The lowest BCUT2D eigenvalue weighted by molar-refractivity contribution is -0.136. The molecule has 1 fully saturated rings. The van der Waals surface area contributed by atoms with Crippen LogP contribution in [-0.2, 0) is 9.59 Å². The van der Waals surface area contributed by atoms with Crippen LogP contribution in [-0.4, -0.2) is 29.3 Å². The van der Waals surface area contributed by atoms with Crippen molar-refractivity contribution in [2.24, 2.45) is 5.73 Å². The quantitative estimate of drug-likeness (QED) is 0.920. The minimum absolute atomic E-state index is 0.0118. The van der Waals surface area contributed by atoms with Crippen molar-refractivity contribution in [3.63, 3.8) is 0 Å². The first-order chi connectivity index (χ1) is 11.6. The molecule has 0 aliphatic carbocycles. The van der Waals surface area contributed by atoms with Crippen LogP contribution >= 0.6 is 0 Å². The molecule has 0 spiro atoms. The van der Waals surface area contributed by atoms with Crippen LogP contribution in [0.25, 0.3) is 11.1 Å². The number of nitrogens with two attached hydrogens (primary N) is 1. The van der Waals surface area contributed by atoms with Crippen molar-refractivity contribution in [1.82, 2.24) is 4.90 Å². The number of rotatable bonds is 5. The summed E-state index contributed by atoms with van der Waals surface area (Å²) in [6.07, 6.45) is 0.995. The largest absolute Gasteiger partial charge is 0.368 e. The Bertz CT molecular complexity index is 725. The van der Waals surface area contributed by atoms with Gasteiger partial charge in [-0.3, -0.25) is 9.59 Å². The van der Waals surface area contributed by atoms with Gasteiger partial charge in [0.25, 0.3) is 0 Å². The summed E-state index contributed by atoms with van der Waals surface area (Å²) in [6.45, 7) is 2.44. The van der Waals surface area contributed by atoms with Crippen LogP contribution in [0.3, 0.4) is 0 Å². The molecule has 1 saturated heterocycles. The van der Waals surface area contributed by atoms with E-state index in [1.807, 2.05) is 25.1 Å². The third-order valence-corrected chi connectivity index (χ3v) is 4.74. The first kappa shape index (κ1) is 16.2. The molecular weight excluding hydrogens is 300 g/mol. The van der Waals surface area contributed by atoms with E-state index >= 15 is 0 Å². The highest BCUT2D eigenvalue weighted by Crippen LogP contribution is 2.31. The molecule has 2 aromatic carbocycles. The Kier molecular flexibility index (Phi) is 4.65. The van der Waals surface area contributed by atoms with E-state index < -0.39 is 11.9 Å². The number of nitrogens with zero attached hydrogens (tertiary/aromatic N) is 1. The molecule has 1 aliphatic heterocycles. The number of benzene rings is 2. The van der Waals surface area contributed by atoms with Crippen LogP contribution in [0.2, 0.25) is 0 Å². The van der Waals surface area contributed by atoms with Gasteiger partial charge in [0.1, 0.15) is 6.04 Å². The van der Waals surface area contributed by atoms with E-state index in [1.165, 1.54) is 5.56 Å². The Morgan fingerprint density at radius 3 is 2.33 bits per heavy atom. The highest BCUT2D eigenvalue weighted by Gasteiger charge is 2.36. The van der Waals surface area contributed by atoms with Gasteiger partial charge in [0.15, 0.2) is 0 Å². The third kappa shape index (κ3) is 3.18. The van der Waals surface area contributed by atoms with Gasteiger partial charge in [-0.2, -0.15) is 0 Å². The maximum absolute atomic E-state index is 12.3. The smallest absolute Gasteiger partial charge is 0.240 e. The summed E-state index contributed by atoms with van der Waals surface area (Å²) in [4.78, 5) is 25.4. The van der Waals surface area contributed by atoms with Gasteiger partial charge >= 0.3 is 0 Å². The average Bonchev–Trinajstić information content (AvgIpc) is 2.98. The van der Waals surface area contributed by atoms with Crippen molar-refractivity contribution in [1.29, 1.82) is 0 Å². The molecule has 0 saturated carbocycles. The van der Waals surface area contributed by atoms with Crippen LogP contribution in [0.15, 0.2) is 54.6 Å². The van der Waals surface area contributed by atoms with Crippen LogP contribution in [0, 0.1) is 0 Å². The Hall–Kier alpha value is -2.62. The van der Waals surface area contributed by atoms with Crippen LogP contribution in [0.1, 0.15) is 31.2 Å². The lowest BCUT2D eigenvalue weighted by Gasteiger charge is -2.24. The van der Waals surface area contributed by atoms with E-state index in [2.05, 4.69) is 36.4 Å². The van der Waals surface area contributed by atoms with E-state index in [0.717, 1.165) is 11.1 Å². The van der Waals surface area contributed by atoms with Crippen LogP contribution < -0.4 is 5.73 Å². The van der Waals surface area contributed by atoms with Crippen molar-refractivity contribution < 1.29 is 9.59 Å². The number of likely N-dealkylation sites (tertiary alicyclic amines) is 1. The lowest BCUT2D eigenvalue weighted by Crippen LogP contribution is -2.45. The van der Waals surface area contributed by atoms with Crippen LogP contribution in [0.4, 0.5) is 0 Å². The number of amides is 2. The van der Waals surface area contributed by atoms with E-state index in [0.29, 0.717) is 19.4 Å². The van der Waals surface area contributed by atoms with Gasteiger partial charge in [-0.1, -0.05) is 61.5 Å². The van der Waals surface area contributed by atoms with Crippen LogP contribution in [0.5, 0.6) is 0 Å². The highest BCUT2D eigenvalue weighted by molar-refractivity contribution is 5.88. The fourth-order valence-electron chi connectivity index (χ4n) is 3.41. The fourth-order valence-corrected chi connectivity index (χ4v) is 3.41. The molecule has 4 heteroatoms.